The molecule has 2 atom stereocenters. The van der Waals surface area contributed by atoms with Crippen molar-refractivity contribution in [3.05, 3.63) is 114 Å². The Kier molecular flexibility index (Phi) is 9.27. The third kappa shape index (κ3) is 7.20. The standard InChI is InChI=1S/C36H38N4O5/c1-24(2)31-35(44)39(29(26-16-10-6-11-17-26)21-40(31)34(43)27-18-12-7-13-19-27)22-30(41)37-28(20-25-14-8-5-9-15-25)32(42)33-38-36(3,4)23-45-33/h5-19,21,24,28,31H,20,22-23H2,1-4H3,(H,37,41)/t28-,31?/m0/s1. The van der Waals surface area contributed by atoms with Crippen LogP contribution in [-0.2, 0) is 25.5 Å². The lowest BCUT2D eigenvalue weighted by atomic mass is 9.96. The number of hydrogen-bond donors (Lipinski definition) is 1. The Balaban J connectivity index is 1.47. The van der Waals surface area contributed by atoms with Gasteiger partial charge in [-0.25, -0.2) is 4.99 Å². The van der Waals surface area contributed by atoms with Gasteiger partial charge in [0.25, 0.3) is 17.7 Å². The molecule has 2 aliphatic rings. The summed E-state index contributed by atoms with van der Waals surface area (Å²) < 4.78 is 5.62. The molecule has 3 aromatic carbocycles. The second kappa shape index (κ2) is 13.3. The molecule has 0 saturated heterocycles. The maximum atomic E-state index is 14.2. The number of benzene rings is 3. The predicted octanol–water partition coefficient (Wildman–Crippen LogP) is 4.50. The van der Waals surface area contributed by atoms with Crippen LogP contribution in [-0.4, -0.2) is 70.0 Å². The fourth-order valence-corrected chi connectivity index (χ4v) is 5.50. The summed E-state index contributed by atoms with van der Waals surface area (Å²) in [5.41, 5.74) is 1.83. The summed E-state index contributed by atoms with van der Waals surface area (Å²) in [4.78, 5) is 62.6. The molecule has 2 heterocycles. The zero-order valence-corrected chi connectivity index (χ0v) is 26.0. The van der Waals surface area contributed by atoms with Crippen LogP contribution in [0.15, 0.2) is 102 Å². The molecule has 9 nitrogen and oxygen atoms in total. The fourth-order valence-electron chi connectivity index (χ4n) is 5.50. The highest BCUT2D eigenvalue weighted by Crippen LogP contribution is 2.31. The summed E-state index contributed by atoms with van der Waals surface area (Å²) in [6.07, 6.45) is 1.87. The van der Waals surface area contributed by atoms with Crippen LogP contribution in [0.3, 0.4) is 0 Å². The smallest absolute Gasteiger partial charge is 0.258 e. The first-order valence-electron chi connectivity index (χ1n) is 15.1. The molecular formula is C36H38N4O5. The molecule has 0 saturated carbocycles. The van der Waals surface area contributed by atoms with Crippen LogP contribution in [0, 0.1) is 5.92 Å². The number of carbonyl (C=O) groups is 4. The van der Waals surface area contributed by atoms with Gasteiger partial charge in [-0.15, -0.1) is 0 Å². The Labute approximate surface area is 263 Å². The number of nitrogens with one attached hydrogen (secondary N) is 1. The second-order valence-corrected chi connectivity index (χ2v) is 12.3. The van der Waals surface area contributed by atoms with Gasteiger partial charge in [-0.1, -0.05) is 92.7 Å². The van der Waals surface area contributed by atoms with Crippen molar-refractivity contribution in [2.24, 2.45) is 10.9 Å². The van der Waals surface area contributed by atoms with Crippen molar-refractivity contribution in [1.82, 2.24) is 15.1 Å². The topological polar surface area (TPSA) is 108 Å². The molecule has 9 heteroatoms. The number of amides is 3. The van der Waals surface area contributed by atoms with Gasteiger partial charge in [-0.05, 0) is 43.0 Å². The van der Waals surface area contributed by atoms with Crippen LogP contribution in [0.5, 0.6) is 0 Å². The molecule has 1 N–H and O–H groups in total. The maximum Gasteiger partial charge on any atom is 0.258 e. The Bertz CT molecular complexity index is 1620. The van der Waals surface area contributed by atoms with E-state index >= 15 is 0 Å². The fraction of sp³-hybridized carbons (Fsp3) is 0.306. The highest BCUT2D eigenvalue weighted by atomic mass is 16.5. The van der Waals surface area contributed by atoms with Gasteiger partial charge >= 0.3 is 0 Å². The number of Topliss-reactive ketones (excluding diaryl/α,β-unsaturated/α-hetero) is 1. The van der Waals surface area contributed by atoms with E-state index in [0.717, 1.165) is 5.56 Å². The molecule has 0 aromatic heterocycles. The lowest BCUT2D eigenvalue weighted by Crippen LogP contribution is -2.57. The molecular weight excluding hydrogens is 568 g/mol. The Morgan fingerprint density at radius 2 is 1.53 bits per heavy atom. The lowest BCUT2D eigenvalue weighted by Gasteiger charge is -2.41. The molecule has 0 fully saturated rings. The summed E-state index contributed by atoms with van der Waals surface area (Å²) in [7, 11) is 0. The third-order valence-electron chi connectivity index (χ3n) is 7.74. The van der Waals surface area contributed by atoms with E-state index in [4.69, 9.17) is 4.74 Å². The van der Waals surface area contributed by atoms with Crippen LogP contribution in [0.25, 0.3) is 5.70 Å². The minimum absolute atomic E-state index is 0.0184. The average Bonchev–Trinajstić information content (AvgIpc) is 3.41. The monoisotopic (exact) mass is 606 g/mol. The van der Waals surface area contributed by atoms with E-state index < -0.39 is 29.3 Å². The number of ketones is 1. The molecule has 0 bridgehead atoms. The minimum Gasteiger partial charge on any atom is -0.473 e. The van der Waals surface area contributed by atoms with Crippen molar-refractivity contribution >= 4 is 35.1 Å². The van der Waals surface area contributed by atoms with E-state index in [-0.39, 0.29) is 43.2 Å². The third-order valence-corrected chi connectivity index (χ3v) is 7.74. The molecule has 0 aliphatic carbocycles. The van der Waals surface area contributed by atoms with E-state index in [1.165, 1.54) is 9.80 Å². The van der Waals surface area contributed by atoms with Crippen LogP contribution < -0.4 is 5.32 Å². The number of aliphatic imine (C=N–C) groups is 1. The van der Waals surface area contributed by atoms with Crippen molar-refractivity contribution in [3.63, 3.8) is 0 Å². The molecule has 1 unspecified atom stereocenters. The van der Waals surface area contributed by atoms with Gasteiger partial charge in [0.2, 0.25) is 11.7 Å². The summed E-state index contributed by atoms with van der Waals surface area (Å²) in [6.45, 7) is 7.39. The van der Waals surface area contributed by atoms with E-state index in [1.54, 1.807) is 30.5 Å². The van der Waals surface area contributed by atoms with Gasteiger partial charge < -0.3 is 15.0 Å². The minimum atomic E-state index is -0.964. The Hall–Kier alpha value is -5.05. The van der Waals surface area contributed by atoms with Gasteiger partial charge in [0.1, 0.15) is 25.2 Å². The molecule has 2 aliphatic heterocycles. The van der Waals surface area contributed by atoms with Gasteiger partial charge in [0, 0.05) is 18.2 Å². The Morgan fingerprint density at radius 1 is 0.933 bits per heavy atom. The zero-order chi connectivity index (χ0) is 32.1. The largest absolute Gasteiger partial charge is 0.473 e. The normalized spacial score (nSPS) is 18.2. The number of nitrogens with zero attached hydrogens (tertiary/aromatic N) is 3. The van der Waals surface area contributed by atoms with Crippen LogP contribution in [0.2, 0.25) is 0 Å². The summed E-state index contributed by atoms with van der Waals surface area (Å²) in [5.74, 6) is -1.92. The molecule has 5 rings (SSSR count). The summed E-state index contributed by atoms with van der Waals surface area (Å²) in [5, 5.41) is 2.86. The molecule has 0 radical (unpaired) electrons. The Morgan fingerprint density at radius 3 is 2.11 bits per heavy atom. The van der Waals surface area contributed by atoms with E-state index in [2.05, 4.69) is 10.3 Å². The van der Waals surface area contributed by atoms with Crippen molar-refractivity contribution < 1.29 is 23.9 Å². The predicted molar refractivity (Wildman–Crippen MR) is 172 cm³/mol. The number of ether oxygens (including phenoxy) is 1. The van der Waals surface area contributed by atoms with Crippen molar-refractivity contribution in [1.29, 1.82) is 0 Å². The SMILES string of the molecule is CC(C)C1C(=O)N(CC(=O)N[C@@H](Cc2ccccc2)C(=O)C2=NC(C)(C)CO2)C(c2ccccc2)=CN1C(=O)c1ccccc1. The van der Waals surface area contributed by atoms with E-state index in [9.17, 15) is 19.2 Å². The lowest BCUT2D eigenvalue weighted by molar-refractivity contribution is -0.138. The van der Waals surface area contributed by atoms with Crippen LogP contribution >= 0.6 is 0 Å². The van der Waals surface area contributed by atoms with Gasteiger partial charge in [0.15, 0.2) is 0 Å². The highest BCUT2D eigenvalue weighted by Gasteiger charge is 2.42. The highest BCUT2D eigenvalue weighted by molar-refractivity contribution is 6.39. The first-order valence-corrected chi connectivity index (χ1v) is 15.1. The van der Waals surface area contributed by atoms with Gasteiger partial charge in [0.05, 0.1) is 11.2 Å². The number of hydrogen-bond acceptors (Lipinski definition) is 6. The van der Waals surface area contributed by atoms with Gasteiger partial charge in [-0.3, -0.25) is 24.1 Å². The quantitative estimate of drug-likeness (QED) is 0.366. The van der Waals surface area contributed by atoms with Crippen molar-refractivity contribution in [3.8, 4) is 0 Å². The molecule has 232 valence electrons. The number of carbonyl (C=O) groups excluding carboxylic acids is 4. The molecule has 0 spiro atoms. The van der Waals surface area contributed by atoms with E-state index in [0.29, 0.717) is 16.8 Å². The summed E-state index contributed by atoms with van der Waals surface area (Å²) >= 11 is 0. The second-order valence-electron chi connectivity index (χ2n) is 12.3. The first-order chi connectivity index (χ1) is 21.5. The van der Waals surface area contributed by atoms with Crippen LogP contribution in [0.4, 0.5) is 0 Å². The van der Waals surface area contributed by atoms with Gasteiger partial charge in [-0.2, -0.15) is 0 Å². The van der Waals surface area contributed by atoms with Crippen molar-refractivity contribution in [2.75, 3.05) is 13.2 Å². The molecule has 3 aromatic rings. The molecule has 3 amide bonds. The zero-order valence-electron chi connectivity index (χ0n) is 26.0. The first kappa shape index (κ1) is 31.4. The molecule has 45 heavy (non-hydrogen) atoms. The van der Waals surface area contributed by atoms with Crippen LogP contribution in [0.1, 0.15) is 49.2 Å². The summed E-state index contributed by atoms with van der Waals surface area (Å²) in [6, 6.07) is 25.5. The van der Waals surface area contributed by atoms with Crippen molar-refractivity contribution in [2.45, 2.75) is 51.7 Å². The maximum absolute atomic E-state index is 14.2. The van der Waals surface area contributed by atoms with E-state index in [1.807, 2.05) is 94.4 Å². The number of rotatable bonds is 10. The average molecular weight is 607 g/mol.